The zero-order valence-electron chi connectivity index (χ0n) is 18.7. The fraction of sp³-hybridized carbons (Fsp3) is 0.478. The SMILES string of the molecule is COCCCOc1cc2c(cc1Br)-c1c(cc(C(=O)OC(C)C)c(=O)n1C1CC1)CS2(=O)=O. The van der Waals surface area contributed by atoms with E-state index in [9.17, 15) is 18.0 Å². The highest BCUT2D eigenvalue weighted by atomic mass is 79.9. The summed E-state index contributed by atoms with van der Waals surface area (Å²) < 4.78 is 44.6. The molecule has 1 aromatic carbocycles. The molecule has 4 rings (SSSR count). The summed E-state index contributed by atoms with van der Waals surface area (Å²) in [7, 11) is -2.12. The van der Waals surface area contributed by atoms with Gasteiger partial charge >= 0.3 is 5.97 Å². The van der Waals surface area contributed by atoms with Gasteiger partial charge in [-0.05, 0) is 60.3 Å². The molecular formula is C23H26BrNO7S. The van der Waals surface area contributed by atoms with Gasteiger partial charge < -0.3 is 18.8 Å². The third-order valence-electron chi connectivity index (χ3n) is 5.51. The Morgan fingerprint density at radius 1 is 1.21 bits per heavy atom. The van der Waals surface area contributed by atoms with Crippen LogP contribution in [0.1, 0.15) is 55.1 Å². The lowest BCUT2D eigenvalue weighted by Gasteiger charge is -2.26. The molecule has 0 radical (unpaired) electrons. The number of esters is 1. The summed E-state index contributed by atoms with van der Waals surface area (Å²) in [6.45, 7) is 4.30. The molecule has 0 N–H and O–H groups in total. The molecule has 2 heterocycles. The zero-order chi connectivity index (χ0) is 23.9. The Morgan fingerprint density at radius 2 is 1.94 bits per heavy atom. The Balaban J connectivity index is 1.87. The lowest BCUT2D eigenvalue weighted by Crippen LogP contribution is -2.32. The van der Waals surface area contributed by atoms with Crippen LogP contribution in [0.25, 0.3) is 11.3 Å². The fourth-order valence-corrected chi connectivity index (χ4v) is 5.98. The molecule has 0 amide bonds. The van der Waals surface area contributed by atoms with E-state index < -0.39 is 27.5 Å². The van der Waals surface area contributed by atoms with Gasteiger partial charge in [-0.15, -0.1) is 0 Å². The summed E-state index contributed by atoms with van der Waals surface area (Å²) in [6.07, 6.45) is 1.84. The van der Waals surface area contributed by atoms with Crippen molar-refractivity contribution in [1.29, 1.82) is 0 Å². The molecule has 0 spiro atoms. The highest BCUT2D eigenvalue weighted by Gasteiger charge is 2.37. The number of hydrogen-bond acceptors (Lipinski definition) is 7. The Hall–Kier alpha value is -2.17. The molecule has 2 aromatic rings. The topological polar surface area (TPSA) is 101 Å². The van der Waals surface area contributed by atoms with Crippen LogP contribution in [0.5, 0.6) is 5.75 Å². The molecule has 8 nitrogen and oxygen atoms in total. The summed E-state index contributed by atoms with van der Waals surface area (Å²) in [6, 6.07) is 4.49. The Bertz CT molecular complexity index is 1260. The lowest BCUT2D eigenvalue weighted by atomic mass is 10.0. The molecule has 1 fully saturated rings. The van der Waals surface area contributed by atoms with Crippen molar-refractivity contribution in [2.45, 2.75) is 55.9 Å². The summed E-state index contributed by atoms with van der Waals surface area (Å²) in [5.41, 5.74) is 0.805. The summed E-state index contributed by atoms with van der Waals surface area (Å²) in [5, 5.41) is 0. The lowest BCUT2D eigenvalue weighted by molar-refractivity contribution is 0.0375. The number of hydrogen-bond donors (Lipinski definition) is 0. The minimum absolute atomic E-state index is 0.0737. The summed E-state index contributed by atoms with van der Waals surface area (Å²) >= 11 is 3.48. The van der Waals surface area contributed by atoms with E-state index in [2.05, 4.69) is 15.9 Å². The molecule has 10 heteroatoms. The first kappa shape index (κ1) is 24.0. The van der Waals surface area contributed by atoms with E-state index >= 15 is 0 Å². The number of benzene rings is 1. The number of ether oxygens (including phenoxy) is 3. The van der Waals surface area contributed by atoms with Crippen LogP contribution in [0.2, 0.25) is 0 Å². The van der Waals surface area contributed by atoms with Crippen LogP contribution in [0.15, 0.2) is 32.4 Å². The molecule has 1 aliphatic carbocycles. The number of aromatic nitrogens is 1. The highest BCUT2D eigenvalue weighted by molar-refractivity contribution is 9.10. The third-order valence-corrected chi connectivity index (χ3v) is 7.83. The normalized spacial score (nSPS) is 16.3. The first-order chi connectivity index (χ1) is 15.6. The van der Waals surface area contributed by atoms with Gasteiger partial charge in [0.2, 0.25) is 0 Å². The van der Waals surface area contributed by atoms with Crippen molar-refractivity contribution in [3.63, 3.8) is 0 Å². The van der Waals surface area contributed by atoms with E-state index in [-0.39, 0.29) is 22.3 Å². The number of nitrogens with zero attached hydrogens (tertiary/aromatic N) is 1. The number of pyridine rings is 1. The minimum atomic E-state index is -3.72. The van der Waals surface area contributed by atoms with Crippen molar-refractivity contribution < 1.29 is 27.4 Å². The molecular weight excluding hydrogens is 514 g/mol. The first-order valence-corrected chi connectivity index (χ1v) is 13.3. The van der Waals surface area contributed by atoms with Gasteiger partial charge in [-0.25, -0.2) is 13.2 Å². The van der Waals surface area contributed by atoms with Crippen molar-refractivity contribution in [3.05, 3.63) is 44.2 Å². The standard InChI is InChI=1S/C23H26BrNO7S/c1-13(2)32-23(27)17-9-14-12-33(28,29)20-11-19(31-8-4-7-30-3)18(24)10-16(20)21(14)25(22(17)26)15-5-6-15/h9-11,13,15H,4-8,12H2,1-3H3. The predicted molar refractivity (Wildman–Crippen MR) is 126 cm³/mol. The number of fused-ring (bicyclic) bond motifs is 3. The third kappa shape index (κ3) is 4.74. The summed E-state index contributed by atoms with van der Waals surface area (Å²) in [5.74, 6) is -0.639. The predicted octanol–water partition coefficient (Wildman–Crippen LogP) is 3.88. The largest absolute Gasteiger partial charge is 0.492 e. The number of carbonyl (C=O) groups is 1. The van der Waals surface area contributed by atoms with Crippen LogP contribution in [-0.4, -0.2) is 45.4 Å². The summed E-state index contributed by atoms with van der Waals surface area (Å²) in [4.78, 5) is 26.0. The number of carbonyl (C=O) groups excluding carboxylic acids is 1. The second-order valence-corrected chi connectivity index (χ2v) is 11.3. The van der Waals surface area contributed by atoms with Gasteiger partial charge in [-0.2, -0.15) is 0 Å². The Morgan fingerprint density at radius 3 is 2.58 bits per heavy atom. The van der Waals surface area contributed by atoms with E-state index in [0.717, 1.165) is 12.8 Å². The van der Waals surface area contributed by atoms with Gasteiger partial charge in [0.25, 0.3) is 5.56 Å². The molecule has 0 saturated heterocycles. The van der Waals surface area contributed by atoms with Gasteiger partial charge in [0, 0.05) is 37.8 Å². The number of methoxy groups -OCH3 is 1. The second kappa shape index (κ2) is 9.23. The van der Waals surface area contributed by atoms with E-state index in [1.807, 2.05) is 0 Å². The molecule has 0 bridgehead atoms. The van der Waals surface area contributed by atoms with Crippen molar-refractivity contribution >= 4 is 31.7 Å². The van der Waals surface area contributed by atoms with Crippen LogP contribution >= 0.6 is 15.9 Å². The molecule has 0 unspecified atom stereocenters. The van der Waals surface area contributed by atoms with Gasteiger partial charge in [0.05, 0.1) is 33.5 Å². The Labute approximate surface area is 200 Å². The smallest absolute Gasteiger partial charge is 0.344 e. The molecule has 1 saturated carbocycles. The maximum Gasteiger partial charge on any atom is 0.344 e. The number of sulfone groups is 1. The molecule has 1 aromatic heterocycles. The van der Waals surface area contributed by atoms with Crippen LogP contribution in [-0.2, 0) is 25.1 Å². The monoisotopic (exact) mass is 539 g/mol. The van der Waals surface area contributed by atoms with Gasteiger partial charge in [-0.3, -0.25) is 4.79 Å². The fourth-order valence-electron chi connectivity index (χ4n) is 3.96. The number of rotatable bonds is 8. The zero-order valence-corrected chi connectivity index (χ0v) is 21.1. The molecule has 2 aliphatic rings. The molecule has 1 aliphatic heterocycles. The highest BCUT2D eigenvalue weighted by Crippen LogP contribution is 2.46. The Kier molecular flexibility index (Phi) is 6.70. The quantitative estimate of drug-likeness (QED) is 0.370. The second-order valence-electron chi connectivity index (χ2n) is 8.52. The van der Waals surface area contributed by atoms with E-state index in [1.54, 1.807) is 31.6 Å². The van der Waals surface area contributed by atoms with Gasteiger partial charge in [-0.1, -0.05) is 0 Å². The van der Waals surface area contributed by atoms with E-state index in [1.165, 1.54) is 12.1 Å². The van der Waals surface area contributed by atoms with E-state index in [0.29, 0.717) is 46.7 Å². The van der Waals surface area contributed by atoms with Crippen molar-refractivity contribution in [1.82, 2.24) is 4.57 Å². The van der Waals surface area contributed by atoms with Crippen LogP contribution < -0.4 is 10.3 Å². The van der Waals surface area contributed by atoms with Crippen LogP contribution in [0, 0.1) is 0 Å². The van der Waals surface area contributed by atoms with Crippen molar-refractivity contribution in [2.24, 2.45) is 0 Å². The van der Waals surface area contributed by atoms with Crippen molar-refractivity contribution in [3.8, 4) is 17.0 Å². The van der Waals surface area contributed by atoms with Crippen LogP contribution in [0.4, 0.5) is 0 Å². The molecule has 178 valence electrons. The average molecular weight is 540 g/mol. The first-order valence-electron chi connectivity index (χ1n) is 10.8. The maximum absolute atomic E-state index is 13.3. The molecule has 0 atom stereocenters. The maximum atomic E-state index is 13.3. The van der Waals surface area contributed by atoms with Crippen LogP contribution in [0.3, 0.4) is 0 Å². The minimum Gasteiger partial charge on any atom is -0.492 e. The average Bonchev–Trinajstić information content (AvgIpc) is 3.56. The van der Waals surface area contributed by atoms with Crippen molar-refractivity contribution in [2.75, 3.05) is 20.3 Å². The number of halogens is 1. The van der Waals surface area contributed by atoms with Gasteiger partial charge in [0.15, 0.2) is 9.84 Å². The molecule has 33 heavy (non-hydrogen) atoms. The van der Waals surface area contributed by atoms with Gasteiger partial charge in [0.1, 0.15) is 11.3 Å². The van der Waals surface area contributed by atoms with E-state index in [4.69, 9.17) is 14.2 Å².